The van der Waals surface area contributed by atoms with Gasteiger partial charge in [-0.15, -0.1) is 0 Å². The Balaban J connectivity index is 1.99. The summed E-state index contributed by atoms with van der Waals surface area (Å²) in [7, 11) is 0. The fraction of sp³-hybridized carbons (Fsp3) is 0.353. The van der Waals surface area contributed by atoms with Crippen LogP contribution in [0, 0.1) is 13.8 Å². The summed E-state index contributed by atoms with van der Waals surface area (Å²) in [5, 5.41) is 3.35. The lowest BCUT2D eigenvalue weighted by Gasteiger charge is -2.08. The van der Waals surface area contributed by atoms with Crippen molar-refractivity contribution in [1.82, 2.24) is 10.3 Å². The Bertz CT molecular complexity index is 529. The number of pyridine rings is 1. The molecule has 0 fully saturated rings. The number of hydrogen-bond acceptors (Lipinski definition) is 3. The first-order valence-corrected chi connectivity index (χ1v) is 7.09. The Morgan fingerprint density at radius 1 is 1.10 bits per heavy atom. The Hall–Kier alpha value is -1.87. The molecule has 0 aliphatic carbocycles. The van der Waals surface area contributed by atoms with Gasteiger partial charge in [0, 0.05) is 18.8 Å². The monoisotopic (exact) mass is 270 g/mol. The molecule has 106 valence electrons. The Morgan fingerprint density at radius 3 is 2.45 bits per heavy atom. The molecule has 0 saturated carbocycles. The van der Waals surface area contributed by atoms with Crippen molar-refractivity contribution < 1.29 is 4.74 Å². The summed E-state index contributed by atoms with van der Waals surface area (Å²) in [6, 6.07) is 10.1. The highest BCUT2D eigenvalue weighted by Gasteiger charge is 2.01. The zero-order valence-corrected chi connectivity index (χ0v) is 12.4. The van der Waals surface area contributed by atoms with E-state index in [9.17, 15) is 0 Å². The van der Waals surface area contributed by atoms with Crippen molar-refractivity contribution in [1.29, 1.82) is 0 Å². The predicted molar refractivity (Wildman–Crippen MR) is 82.2 cm³/mol. The molecular formula is C17H22N2O. The van der Waals surface area contributed by atoms with Crippen LogP contribution in [0.5, 0.6) is 11.6 Å². The van der Waals surface area contributed by atoms with Gasteiger partial charge >= 0.3 is 0 Å². The van der Waals surface area contributed by atoms with Gasteiger partial charge < -0.3 is 10.1 Å². The fourth-order valence-electron chi connectivity index (χ4n) is 2.10. The summed E-state index contributed by atoms with van der Waals surface area (Å²) < 4.78 is 5.79. The first-order valence-electron chi connectivity index (χ1n) is 7.09. The number of nitrogens with one attached hydrogen (secondary N) is 1. The van der Waals surface area contributed by atoms with E-state index in [1.165, 1.54) is 16.7 Å². The number of aromatic nitrogens is 1. The maximum atomic E-state index is 5.79. The van der Waals surface area contributed by atoms with Crippen LogP contribution in [-0.2, 0) is 6.54 Å². The van der Waals surface area contributed by atoms with Gasteiger partial charge in [-0.1, -0.05) is 19.1 Å². The highest BCUT2D eigenvalue weighted by atomic mass is 16.5. The molecule has 1 aromatic heterocycles. The van der Waals surface area contributed by atoms with E-state index in [2.05, 4.69) is 37.1 Å². The van der Waals surface area contributed by atoms with Gasteiger partial charge in [0.05, 0.1) is 0 Å². The average Bonchev–Trinajstić information content (AvgIpc) is 2.40. The smallest absolute Gasteiger partial charge is 0.219 e. The van der Waals surface area contributed by atoms with Crippen LogP contribution in [0.15, 0.2) is 36.5 Å². The number of nitrogens with zero attached hydrogens (tertiary/aromatic N) is 1. The number of ether oxygens (including phenoxy) is 1. The van der Waals surface area contributed by atoms with Crippen molar-refractivity contribution in [2.75, 3.05) is 6.54 Å². The van der Waals surface area contributed by atoms with Crippen molar-refractivity contribution in [2.45, 2.75) is 33.7 Å². The van der Waals surface area contributed by atoms with E-state index in [0.717, 1.165) is 25.3 Å². The van der Waals surface area contributed by atoms with Gasteiger partial charge in [0.15, 0.2) is 0 Å². The van der Waals surface area contributed by atoms with E-state index < -0.39 is 0 Å². The molecule has 1 N–H and O–H groups in total. The molecule has 1 heterocycles. The molecule has 0 spiro atoms. The summed E-state index contributed by atoms with van der Waals surface area (Å²) in [4.78, 5) is 4.35. The van der Waals surface area contributed by atoms with E-state index in [1.54, 1.807) is 0 Å². The SMILES string of the molecule is CCCNCc1ccc(Oc2cc(C)cc(C)c2)nc1. The van der Waals surface area contributed by atoms with Crippen LogP contribution < -0.4 is 10.1 Å². The molecule has 2 aromatic rings. The Kier molecular flexibility index (Phi) is 5.13. The highest BCUT2D eigenvalue weighted by Crippen LogP contribution is 2.22. The van der Waals surface area contributed by atoms with Gasteiger partial charge in [-0.3, -0.25) is 0 Å². The number of hydrogen-bond donors (Lipinski definition) is 1. The van der Waals surface area contributed by atoms with Crippen molar-refractivity contribution in [3.05, 3.63) is 53.2 Å². The second-order valence-electron chi connectivity index (χ2n) is 5.11. The van der Waals surface area contributed by atoms with Crippen LogP contribution in [0.4, 0.5) is 0 Å². The average molecular weight is 270 g/mol. The van der Waals surface area contributed by atoms with E-state index in [4.69, 9.17) is 4.74 Å². The van der Waals surface area contributed by atoms with Gasteiger partial charge in [0.2, 0.25) is 5.88 Å². The molecule has 0 saturated heterocycles. The standard InChI is InChI=1S/C17H22N2O/c1-4-7-18-11-15-5-6-17(19-12-15)20-16-9-13(2)8-14(3)10-16/h5-6,8-10,12,18H,4,7,11H2,1-3H3. The Morgan fingerprint density at radius 2 is 1.85 bits per heavy atom. The highest BCUT2D eigenvalue weighted by molar-refractivity contribution is 5.35. The minimum Gasteiger partial charge on any atom is -0.439 e. The zero-order valence-electron chi connectivity index (χ0n) is 12.4. The zero-order chi connectivity index (χ0) is 14.4. The van der Waals surface area contributed by atoms with Crippen LogP contribution >= 0.6 is 0 Å². The quantitative estimate of drug-likeness (QED) is 0.806. The predicted octanol–water partition coefficient (Wildman–Crippen LogP) is 3.99. The van der Waals surface area contributed by atoms with Gasteiger partial charge in [-0.05, 0) is 55.6 Å². The van der Waals surface area contributed by atoms with E-state index in [1.807, 2.05) is 30.5 Å². The molecule has 20 heavy (non-hydrogen) atoms. The molecule has 0 aliphatic rings. The molecule has 0 bridgehead atoms. The molecule has 0 atom stereocenters. The van der Waals surface area contributed by atoms with Crippen molar-refractivity contribution >= 4 is 0 Å². The van der Waals surface area contributed by atoms with E-state index >= 15 is 0 Å². The van der Waals surface area contributed by atoms with Crippen LogP contribution in [0.3, 0.4) is 0 Å². The summed E-state index contributed by atoms with van der Waals surface area (Å²) in [5.74, 6) is 1.47. The number of benzene rings is 1. The molecule has 0 radical (unpaired) electrons. The van der Waals surface area contributed by atoms with Crippen molar-refractivity contribution in [3.63, 3.8) is 0 Å². The molecular weight excluding hydrogens is 248 g/mol. The largest absolute Gasteiger partial charge is 0.439 e. The number of aryl methyl sites for hydroxylation is 2. The normalized spacial score (nSPS) is 10.6. The molecule has 0 amide bonds. The summed E-state index contributed by atoms with van der Waals surface area (Å²) in [6.45, 7) is 8.17. The Labute approximate surface area is 121 Å². The third kappa shape index (κ3) is 4.35. The molecule has 3 nitrogen and oxygen atoms in total. The summed E-state index contributed by atoms with van der Waals surface area (Å²) >= 11 is 0. The fourth-order valence-corrected chi connectivity index (χ4v) is 2.10. The maximum Gasteiger partial charge on any atom is 0.219 e. The minimum absolute atomic E-state index is 0.634. The van der Waals surface area contributed by atoms with Gasteiger partial charge in [-0.25, -0.2) is 4.98 Å². The number of rotatable bonds is 6. The second-order valence-corrected chi connectivity index (χ2v) is 5.11. The first-order chi connectivity index (χ1) is 9.67. The summed E-state index contributed by atoms with van der Waals surface area (Å²) in [6.07, 6.45) is 3.00. The van der Waals surface area contributed by atoms with Gasteiger partial charge in [0.25, 0.3) is 0 Å². The van der Waals surface area contributed by atoms with Crippen LogP contribution in [0.25, 0.3) is 0 Å². The third-order valence-corrected chi connectivity index (χ3v) is 2.97. The first kappa shape index (κ1) is 14.5. The van der Waals surface area contributed by atoms with Crippen LogP contribution in [0.2, 0.25) is 0 Å². The van der Waals surface area contributed by atoms with Crippen molar-refractivity contribution in [3.8, 4) is 11.6 Å². The lowest BCUT2D eigenvalue weighted by molar-refractivity contribution is 0.461. The molecule has 3 heteroatoms. The van der Waals surface area contributed by atoms with Crippen molar-refractivity contribution in [2.24, 2.45) is 0 Å². The molecule has 1 aromatic carbocycles. The van der Waals surface area contributed by atoms with Gasteiger partial charge in [0.1, 0.15) is 5.75 Å². The lowest BCUT2D eigenvalue weighted by atomic mass is 10.1. The van der Waals surface area contributed by atoms with E-state index in [0.29, 0.717) is 5.88 Å². The van der Waals surface area contributed by atoms with Crippen LogP contribution in [0.1, 0.15) is 30.0 Å². The molecule has 0 unspecified atom stereocenters. The topological polar surface area (TPSA) is 34.1 Å². The van der Waals surface area contributed by atoms with Gasteiger partial charge in [-0.2, -0.15) is 0 Å². The third-order valence-electron chi connectivity index (χ3n) is 2.97. The van der Waals surface area contributed by atoms with Crippen LogP contribution in [-0.4, -0.2) is 11.5 Å². The maximum absolute atomic E-state index is 5.79. The lowest BCUT2D eigenvalue weighted by Crippen LogP contribution is -2.13. The van der Waals surface area contributed by atoms with E-state index in [-0.39, 0.29) is 0 Å². The minimum atomic E-state index is 0.634. The molecule has 2 rings (SSSR count). The summed E-state index contributed by atoms with van der Waals surface area (Å²) in [5.41, 5.74) is 3.56. The molecule has 0 aliphatic heterocycles. The second kappa shape index (κ2) is 7.06.